The molecule has 0 aliphatic heterocycles. The summed E-state index contributed by atoms with van der Waals surface area (Å²) in [5.41, 5.74) is -4.99. The number of hydrogen-bond acceptors (Lipinski definition) is 8. The molecule has 2 fully saturated rings. The van der Waals surface area contributed by atoms with Gasteiger partial charge in [-0.3, -0.25) is 14.4 Å². The third kappa shape index (κ3) is 5.84. The van der Waals surface area contributed by atoms with Crippen molar-refractivity contribution in [2.75, 3.05) is 6.61 Å². The van der Waals surface area contributed by atoms with Gasteiger partial charge in [-0.1, -0.05) is 111 Å². The number of fused-ring (bicyclic) bond motifs is 5. The first-order valence-electron chi connectivity index (χ1n) is 17.1. The van der Waals surface area contributed by atoms with E-state index in [1.807, 2.05) is 13.8 Å². The molecule has 0 spiro atoms. The molecular weight excluding hydrogens is 560 g/mol. The van der Waals surface area contributed by atoms with Crippen LogP contribution in [-0.2, 0) is 23.9 Å². The monoisotopic (exact) mass is 616 g/mol. The number of rotatable bonds is 15. The van der Waals surface area contributed by atoms with Gasteiger partial charge in [-0.15, -0.1) is 0 Å². The number of Topliss-reactive ketones (excluding diaryl/α,β-unsaturated/α-hetero) is 1. The van der Waals surface area contributed by atoms with Crippen LogP contribution in [0.15, 0.2) is 23.3 Å². The fourth-order valence-electron chi connectivity index (χ4n) is 9.05. The lowest BCUT2D eigenvalue weighted by Gasteiger charge is -2.51. The van der Waals surface area contributed by atoms with Crippen LogP contribution in [0.5, 0.6) is 0 Å². The fraction of sp³-hybridized carbons (Fsp3) is 0.806. The highest BCUT2D eigenvalue weighted by Crippen LogP contribution is 2.77. The summed E-state index contributed by atoms with van der Waals surface area (Å²) >= 11 is 0. The van der Waals surface area contributed by atoms with Gasteiger partial charge in [-0.2, -0.15) is 0 Å². The van der Waals surface area contributed by atoms with Crippen molar-refractivity contribution in [1.82, 2.24) is 0 Å². The number of aliphatic hydroxyl groups excluding tert-OH is 1. The molecule has 0 saturated heterocycles. The lowest BCUT2D eigenvalue weighted by molar-refractivity contribution is -0.206. The Balaban J connectivity index is 1.51. The first-order valence-corrected chi connectivity index (χ1v) is 17.1. The molecule has 8 heteroatoms. The van der Waals surface area contributed by atoms with E-state index in [1.165, 1.54) is 51.9 Å². The quantitative estimate of drug-likeness (QED) is 0.120. The van der Waals surface area contributed by atoms with Gasteiger partial charge < -0.3 is 24.8 Å². The first kappa shape index (κ1) is 34.8. The van der Waals surface area contributed by atoms with Gasteiger partial charge in [-0.25, -0.2) is 0 Å². The summed E-state index contributed by atoms with van der Waals surface area (Å²) in [6.07, 6.45) is 15.3. The maximum Gasteiger partial charge on any atom is 0.306 e. The Morgan fingerprint density at radius 1 is 0.932 bits per heavy atom. The zero-order chi connectivity index (χ0) is 32.5. The van der Waals surface area contributed by atoms with Gasteiger partial charge in [0.25, 0.3) is 0 Å². The zero-order valence-corrected chi connectivity index (χ0v) is 27.8. The SMILES string of the molecule is CCCCCCCCCCCCCC(=O)O[C@@H]1[C@@H](C)[C@]2(O)C3=CC(C)C(=O)[C@@]3(O)CC(CO)=C[C@H]2[C@@H]2C(C)(C)[C@]12OC(C)=O. The molecule has 44 heavy (non-hydrogen) atoms. The molecule has 3 N–H and O–H groups in total. The van der Waals surface area contributed by atoms with E-state index in [-0.39, 0.29) is 25.0 Å². The number of allylic oxidation sites excluding steroid dienone is 1. The van der Waals surface area contributed by atoms with Gasteiger partial charge in [0.15, 0.2) is 17.0 Å². The molecule has 0 heterocycles. The maximum atomic E-state index is 13.3. The molecule has 8 atom stereocenters. The summed E-state index contributed by atoms with van der Waals surface area (Å²) < 4.78 is 12.3. The molecule has 0 aromatic heterocycles. The van der Waals surface area contributed by atoms with Crippen LogP contribution in [0.1, 0.15) is 125 Å². The Morgan fingerprint density at radius 3 is 2.05 bits per heavy atom. The van der Waals surface area contributed by atoms with Crippen LogP contribution in [0.25, 0.3) is 0 Å². The normalized spacial score (nSPS) is 36.8. The minimum absolute atomic E-state index is 0.124. The van der Waals surface area contributed by atoms with E-state index in [1.54, 1.807) is 26.0 Å². The number of aliphatic hydroxyl groups is 3. The molecule has 4 rings (SSSR count). The van der Waals surface area contributed by atoms with E-state index < -0.39 is 69.7 Å². The Bertz CT molecular complexity index is 1150. The average molecular weight is 617 g/mol. The molecule has 4 aliphatic carbocycles. The Kier molecular flexibility index (Phi) is 10.6. The van der Waals surface area contributed by atoms with Crippen molar-refractivity contribution in [3.8, 4) is 0 Å². The summed E-state index contributed by atoms with van der Waals surface area (Å²) in [4.78, 5) is 39.2. The third-order valence-corrected chi connectivity index (χ3v) is 11.4. The van der Waals surface area contributed by atoms with E-state index >= 15 is 0 Å². The average Bonchev–Trinajstić information content (AvgIpc) is 3.38. The predicted octanol–water partition coefficient (Wildman–Crippen LogP) is 5.75. The Morgan fingerprint density at radius 2 is 1.50 bits per heavy atom. The van der Waals surface area contributed by atoms with Crippen LogP contribution >= 0.6 is 0 Å². The van der Waals surface area contributed by atoms with Crippen molar-refractivity contribution >= 4 is 17.7 Å². The van der Waals surface area contributed by atoms with E-state index in [4.69, 9.17) is 9.47 Å². The van der Waals surface area contributed by atoms with Crippen LogP contribution in [-0.4, -0.2) is 62.6 Å². The molecule has 0 radical (unpaired) electrons. The summed E-state index contributed by atoms with van der Waals surface area (Å²) in [5, 5.41) is 34.7. The minimum Gasteiger partial charge on any atom is -0.458 e. The van der Waals surface area contributed by atoms with Gasteiger partial charge >= 0.3 is 11.9 Å². The second-order valence-electron chi connectivity index (χ2n) is 14.7. The topological polar surface area (TPSA) is 130 Å². The number of ketones is 1. The first-order chi connectivity index (χ1) is 20.7. The van der Waals surface area contributed by atoms with Crippen molar-refractivity contribution in [2.45, 2.75) is 148 Å². The summed E-state index contributed by atoms with van der Waals surface area (Å²) in [7, 11) is 0. The van der Waals surface area contributed by atoms with Gasteiger partial charge in [0.05, 0.1) is 6.61 Å². The lowest BCUT2D eigenvalue weighted by Crippen LogP contribution is -2.63. The second-order valence-corrected chi connectivity index (χ2v) is 14.7. The summed E-state index contributed by atoms with van der Waals surface area (Å²) in [5.74, 6) is -3.96. The molecule has 0 bridgehead atoms. The van der Waals surface area contributed by atoms with Crippen LogP contribution in [0.2, 0.25) is 0 Å². The van der Waals surface area contributed by atoms with Crippen molar-refractivity contribution in [3.05, 3.63) is 23.3 Å². The fourth-order valence-corrected chi connectivity index (χ4v) is 9.05. The number of ether oxygens (including phenoxy) is 2. The number of hydrogen-bond donors (Lipinski definition) is 3. The van der Waals surface area contributed by atoms with E-state index in [0.29, 0.717) is 12.0 Å². The summed E-state index contributed by atoms with van der Waals surface area (Å²) in [6.45, 7) is 10.5. The number of esters is 2. The smallest absolute Gasteiger partial charge is 0.306 e. The lowest BCUT2D eigenvalue weighted by atomic mass is 9.61. The Labute approximate surface area is 263 Å². The molecule has 0 aromatic carbocycles. The molecular formula is C36H56O8. The summed E-state index contributed by atoms with van der Waals surface area (Å²) in [6, 6.07) is 0. The van der Waals surface area contributed by atoms with Crippen LogP contribution in [0.4, 0.5) is 0 Å². The van der Waals surface area contributed by atoms with Gasteiger partial charge in [0.2, 0.25) is 0 Å². The largest absolute Gasteiger partial charge is 0.458 e. The molecule has 2 saturated carbocycles. The van der Waals surface area contributed by atoms with E-state index in [0.717, 1.165) is 19.3 Å². The number of carbonyl (C=O) groups excluding carboxylic acids is 3. The van der Waals surface area contributed by atoms with Crippen LogP contribution < -0.4 is 0 Å². The Hall–Kier alpha value is -2.03. The third-order valence-electron chi connectivity index (χ3n) is 11.4. The van der Waals surface area contributed by atoms with E-state index in [9.17, 15) is 29.7 Å². The highest BCUT2D eigenvalue weighted by atomic mass is 16.6. The molecule has 0 amide bonds. The molecule has 248 valence electrons. The minimum atomic E-state index is -1.98. The van der Waals surface area contributed by atoms with Crippen molar-refractivity contribution in [1.29, 1.82) is 0 Å². The van der Waals surface area contributed by atoms with Gasteiger partial charge in [-0.05, 0) is 17.6 Å². The van der Waals surface area contributed by atoms with Gasteiger partial charge in [0, 0.05) is 48.9 Å². The van der Waals surface area contributed by atoms with Gasteiger partial charge in [0.1, 0.15) is 11.7 Å². The highest BCUT2D eigenvalue weighted by molar-refractivity contribution is 5.98. The molecule has 4 aliphatic rings. The number of carbonyl (C=O) groups is 3. The zero-order valence-electron chi connectivity index (χ0n) is 27.8. The highest BCUT2D eigenvalue weighted by Gasteiger charge is 2.87. The molecule has 0 aromatic rings. The molecule has 8 nitrogen and oxygen atoms in total. The standard InChI is InChI=1S/C36H56O8/c1-7-8-9-10-11-12-13-14-15-16-17-18-29(39)43-32-24(3)35(42)27(30-33(5,6)36(30,32)44-25(4)38)20-26(22-37)21-34(41)28(35)19-23(2)31(34)40/h19-20,23-24,27,30,32,37,41-42H,7-18,21-22H2,1-6H3/t23?,24-,27+,30-,32-,34-,35-,36-/m1/s1. The maximum absolute atomic E-state index is 13.3. The van der Waals surface area contributed by atoms with Crippen molar-refractivity contribution < 1.29 is 39.2 Å². The van der Waals surface area contributed by atoms with Crippen molar-refractivity contribution in [2.24, 2.45) is 29.1 Å². The molecule has 1 unspecified atom stereocenters. The number of unbranched alkanes of at least 4 members (excludes halogenated alkanes) is 10. The van der Waals surface area contributed by atoms with E-state index in [2.05, 4.69) is 6.92 Å². The second kappa shape index (κ2) is 13.4. The van der Waals surface area contributed by atoms with Crippen molar-refractivity contribution in [3.63, 3.8) is 0 Å². The van der Waals surface area contributed by atoms with Crippen LogP contribution in [0, 0.1) is 29.1 Å². The predicted molar refractivity (Wildman–Crippen MR) is 167 cm³/mol. The van der Waals surface area contributed by atoms with Crippen LogP contribution in [0.3, 0.4) is 0 Å².